The zero-order valence-corrected chi connectivity index (χ0v) is 16.8. The Bertz CT molecular complexity index is 1100. The van der Waals surface area contributed by atoms with E-state index in [-0.39, 0.29) is 11.2 Å². The Morgan fingerprint density at radius 3 is 2.48 bits per heavy atom. The summed E-state index contributed by atoms with van der Waals surface area (Å²) in [6.07, 6.45) is 0.551. The summed E-state index contributed by atoms with van der Waals surface area (Å²) < 4.78 is 1.76. The predicted octanol–water partition coefficient (Wildman–Crippen LogP) is 3.95. The molecule has 7 heteroatoms. The SMILES string of the molecule is CC(Sc1ccc2nnc(CCNC(=O)c3ccccc3)n2n1)c1ccccc1. The average Bonchev–Trinajstić information content (AvgIpc) is 3.17. The highest BCUT2D eigenvalue weighted by Crippen LogP contribution is 2.33. The van der Waals surface area contributed by atoms with Gasteiger partial charge in [0.25, 0.3) is 5.91 Å². The number of nitrogens with one attached hydrogen (secondary N) is 1. The van der Waals surface area contributed by atoms with Gasteiger partial charge in [0.2, 0.25) is 0 Å². The molecule has 0 fully saturated rings. The van der Waals surface area contributed by atoms with Gasteiger partial charge in [0.1, 0.15) is 5.03 Å². The van der Waals surface area contributed by atoms with Gasteiger partial charge < -0.3 is 5.32 Å². The molecule has 0 radical (unpaired) electrons. The summed E-state index contributed by atoms with van der Waals surface area (Å²) in [6.45, 7) is 2.63. The van der Waals surface area contributed by atoms with Gasteiger partial charge in [-0.25, -0.2) is 0 Å². The fourth-order valence-corrected chi connectivity index (χ4v) is 3.92. The van der Waals surface area contributed by atoms with E-state index in [9.17, 15) is 4.79 Å². The van der Waals surface area contributed by atoms with Crippen molar-refractivity contribution in [2.75, 3.05) is 6.54 Å². The minimum atomic E-state index is -0.0969. The van der Waals surface area contributed by atoms with Gasteiger partial charge in [-0.2, -0.15) is 9.61 Å². The molecule has 1 atom stereocenters. The standard InChI is InChI=1S/C22H21N5OS/c1-16(17-8-4-2-5-9-17)29-21-13-12-19-24-25-20(27(19)26-21)14-15-23-22(28)18-10-6-3-7-11-18/h2-13,16H,14-15H2,1H3,(H,23,28). The second-order valence-corrected chi connectivity index (χ2v) is 7.96. The Hall–Kier alpha value is -3.19. The molecule has 0 saturated heterocycles. The molecule has 0 saturated carbocycles. The van der Waals surface area contributed by atoms with Crippen molar-refractivity contribution in [1.29, 1.82) is 0 Å². The smallest absolute Gasteiger partial charge is 0.251 e. The van der Waals surface area contributed by atoms with Gasteiger partial charge in [-0.15, -0.1) is 10.2 Å². The van der Waals surface area contributed by atoms with Gasteiger partial charge in [-0.3, -0.25) is 4.79 Å². The summed E-state index contributed by atoms with van der Waals surface area (Å²) in [7, 11) is 0. The molecule has 0 spiro atoms. The molecule has 2 aromatic heterocycles. The highest BCUT2D eigenvalue weighted by Gasteiger charge is 2.12. The molecule has 1 amide bonds. The second kappa shape index (κ2) is 8.87. The predicted molar refractivity (Wildman–Crippen MR) is 114 cm³/mol. The molecule has 0 bridgehead atoms. The Morgan fingerprint density at radius 2 is 1.72 bits per heavy atom. The number of carbonyl (C=O) groups excluding carboxylic acids is 1. The van der Waals surface area contributed by atoms with E-state index in [1.165, 1.54) is 5.56 Å². The summed E-state index contributed by atoms with van der Waals surface area (Å²) in [4.78, 5) is 12.2. The summed E-state index contributed by atoms with van der Waals surface area (Å²) in [6, 6.07) is 23.4. The number of fused-ring (bicyclic) bond motifs is 1. The van der Waals surface area contributed by atoms with Gasteiger partial charge >= 0.3 is 0 Å². The molecule has 2 aromatic carbocycles. The van der Waals surface area contributed by atoms with E-state index in [4.69, 9.17) is 5.10 Å². The lowest BCUT2D eigenvalue weighted by atomic mass is 10.2. The third-order valence-electron chi connectivity index (χ3n) is 4.54. The number of benzene rings is 2. The highest BCUT2D eigenvalue weighted by atomic mass is 32.2. The van der Waals surface area contributed by atoms with Crippen LogP contribution in [0.25, 0.3) is 5.65 Å². The quantitative estimate of drug-likeness (QED) is 0.473. The first-order valence-electron chi connectivity index (χ1n) is 9.47. The van der Waals surface area contributed by atoms with Crippen LogP contribution in [0.5, 0.6) is 0 Å². The molecule has 2 heterocycles. The summed E-state index contributed by atoms with van der Waals surface area (Å²) in [5.41, 5.74) is 2.60. The zero-order valence-electron chi connectivity index (χ0n) is 16.0. The molecular weight excluding hydrogens is 382 g/mol. The molecule has 0 aliphatic rings. The van der Waals surface area contributed by atoms with Gasteiger partial charge in [-0.05, 0) is 36.8 Å². The number of carbonyl (C=O) groups is 1. The number of nitrogens with zero attached hydrogens (tertiary/aromatic N) is 4. The van der Waals surface area contributed by atoms with Crippen LogP contribution in [-0.4, -0.2) is 32.3 Å². The summed E-state index contributed by atoms with van der Waals surface area (Å²) >= 11 is 1.69. The van der Waals surface area contributed by atoms with E-state index in [1.54, 1.807) is 28.4 Å². The largest absolute Gasteiger partial charge is 0.352 e. The normalized spacial score (nSPS) is 12.0. The fourth-order valence-electron chi connectivity index (χ4n) is 2.99. The number of rotatable bonds is 7. The molecule has 6 nitrogen and oxygen atoms in total. The van der Waals surface area contributed by atoms with E-state index in [2.05, 4.69) is 34.6 Å². The molecule has 0 aliphatic carbocycles. The van der Waals surface area contributed by atoms with Crippen LogP contribution in [-0.2, 0) is 6.42 Å². The third kappa shape index (κ3) is 4.63. The minimum Gasteiger partial charge on any atom is -0.352 e. The van der Waals surface area contributed by atoms with E-state index >= 15 is 0 Å². The van der Waals surface area contributed by atoms with Crippen molar-refractivity contribution >= 4 is 23.3 Å². The number of amides is 1. The maximum absolute atomic E-state index is 12.2. The van der Waals surface area contributed by atoms with Crippen LogP contribution in [0.1, 0.15) is 33.9 Å². The topological polar surface area (TPSA) is 72.2 Å². The first-order valence-corrected chi connectivity index (χ1v) is 10.3. The molecule has 4 aromatic rings. The molecule has 29 heavy (non-hydrogen) atoms. The van der Waals surface area contributed by atoms with Gasteiger partial charge in [0.15, 0.2) is 11.5 Å². The third-order valence-corrected chi connectivity index (χ3v) is 5.62. The Labute approximate surface area is 173 Å². The molecule has 1 unspecified atom stereocenters. The second-order valence-electron chi connectivity index (χ2n) is 6.60. The van der Waals surface area contributed by atoms with Crippen LogP contribution in [0.2, 0.25) is 0 Å². The summed E-state index contributed by atoms with van der Waals surface area (Å²) in [5.74, 6) is 0.628. The van der Waals surface area contributed by atoms with E-state index in [1.807, 2.05) is 48.5 Å². The van der Waals surface area contributed by atoms with Gasteiger partial charge in [-0.1, -0.05) is 60.3 Å². The van der Waals surface area contributed by atoms with Gasteiger partial charge in [0.05, 0.1) is 0 Å². The first-order chi connectivity index (χ1) is 14.2. The van der Waals surface area contributed by atoms with E-state index < -0.39 is 0 Å². The van der Waals surface area contributed by atoms with Crippen molar-refractivity contribution in [1.82, 2.24) is 25.1 Å². The Balaban J connectivity index is 1.42. The van der Waals surface area contributed by atoms with Crippen LogP contribution in [0.4, 0.5) is 0 Å². The lowest BCUT2D eigenvalue weighted by molar-refractivity contribution is 0.0954. The zero-order chi connectivity index (χ0) is 20.1. The Kier molecular flexibility index (Phi) is 5.86. The van der Waals surface area contributed by atoms with Crippen LogP contribution < -0.4 is 5.32 Å². The number of hydrogen-bond donors (Lipinski definition) is 1. The lowest BCUT2D eigenvalue weighted by Crippen LogP contribution is -2.26. The number of aromatic nitrogens is 4. The minimum absolute atomic E-state index is 0.0969. The van der Waals surface area contributed by atoms with E-state index in [0.717, 1.165) is 10.9 Å². The molecular formula is C22H21N5OS. The van der Waals surface area contributed by atoms with Crippen molar-refractivity contribution in [2.45, 2.75) is 23.6 Å². The highest BCUT2D eigenvalue weighted by molar-refractivity contribution is 7.99. The fraction of sp³-hybridized carbons (Fsp3) is 0.182. The van der Waals surface area contributed by atoms with Crippen molar-refractivity contribution < 1.29 is 4.79 Å². The summed E-state index contributed by atoms with van der Waals surface area (Å²) in [5, 5.41) is 17.2. The van der Waals surface area contributed by atoms with Crippen molar-refractivity contribution in [3.8, 4) is 0 Å². The number of hydrogen-bond acceptors (Lipinski definition) is 5. The average molecular weight is 404 g/mol. The van der Waals surface area contributed by atoms with Crippen molar-refractivity contribution in [3.05, 3.63) is 89.7 Å². The lowest BCUT2D eigenvalue weighted by Gasteiger charge is -2.11. The van der Waals surface area contributed by atoms with Crippen LogP contribution in [0.15, 0.2) is 77.8 Å². The maximum Gasteiger partial charge on any atom is 0.251 e. The maximum atomic E-state index is 12.2. The molecule has 146 valence electrons. The molecule has 4 rings (SSSR count). The molecule has 0 aliphatic heterocycles. The first kappa shape index (κ1) is 19.1. The number of thioether (sulfide) groups is 1. The van der Waals surface area contributed by atoms with Crippen molar-refractivity contribution in [2.24, 2.45) is 0 Å². The van der Waals surface area contributed by atoms with Crippen LogP contribution >= 0.6 is 11.8 Å². The van der Waals surface area contributed by atoms with Crippen molar-refractivity contribution in [3.63, 3.8) is 0 Å². The monoisotopic (exact) mass is 403 g/mol. The van der Waals surface area contributed by atoms with Crippen LogP contribution in [0.3, 0.4) is 0 Å². The Morgan fingerprint density at radius 1 is 1.00 bits per heavy atom. The van der Waals surface area contributed by atoms with E-state index in [0.29, 0.717) is 24.2 Å². The van der Waals surface area contributed by atoms with Gasteiger partial charge in [0, 0.05) is 23.8 Å². The van der Waals surface area contributed by atoms with Crippen LogP contribution in [0, 0.1) is 0 Å². The molecule has 1 N–H and O–H groups in total.